The fourth-order valence-electron chi connectivity index (χ4n) is 1.71. The molecule has 15 heavy (non-hydrogen) atoms. The number of esters is 1. The highest BCUT2D eigenvalue weighted by Crippen LogP contribution is 2.53. The SMILES string of the molecule is CC1(C)OC(=O)C(C)(S(=O)(=O)O)C1(C)C. The first kappa shape index (κ1) is 12.4. The lowest BCUT2D eigenvalue weighted by Gasteiger charge is -2.38. The van der Waals surface area contributed by atoms with E-state index in [0.717, 1.165) is 0 Å². The number of carbonyl (C=O) groups is 1. The summed E-state index contributed by atoms with van der Waals surface area (Å²) in [4.78, 5) is 11.6. The Kier molecular flexibility index (Phi) is 2.27. The van der Waals surface area contributed by atoms with Crippen molar-refractivity contribution in [3.63, 3.8) is 0 Å². The molecular weight excluding hydrogens is 220 g/mol. The summed E-state index contributed by atoms with van der Waals surface area (Å²) in [5, 5.41) is 0. The summed E-state index contributed by atoms with van der Waals surface area (Å²) >= 11 is 0. The van der Waals surface area contributed by atoms with Crippen LogP contribution in [0, 0.1) is 5.41 Å². The van der Waals surface area contributed by atoms with Crippen LogP contribution in [0.25, 0.3) is 0 Å². The molecule has 0 bridgehead atoms. The summed E-state index contributed by atoms with van der Waals surface area (Å²) in [6, 6.07) is 0. The van der Waals surface area contributed by atoms with Crippen molar-refractivity contribution in [2.75, 3.05) is 0 Å². The van der Waals surface area contributed by atoms with E-state index in [2.05, 4.69) is 0 Å². The van der Waals surface area contributed by atoms with E-state index in [1.807, 2.05) is 0 Å². The Morgan fingerprint density at radius 2 is 1.53 bits per heavy atom. The van der Waals surface area contributed by atoms with Crippen LogP contribution in [-0.4, -0.2) is 29.3 Å². The van der Waals surface area contributed by atoms with Gasteiger partial charge < -0.3 is 4.74 Å². The van der Waals surface area contributed by atoms with E-state index in [1.54, 1.807) is 27.7 Å². The van der Waals surface area contributed by atoms with E-state index in [-0.39, 0.29) is 0 Å². The zero-order chi connectivity index (χ0) is 12.3. The molecule has 0 aromatic rings. The molecule has 0 aliphatic carbocycles. The van der Waals surface area contributed by atoms with Crippen molar-refractivity contribution in [2.45, 2.75) is 45.0 Å². The molecule has 6 heteroatoms. The van der Waals surface area contributed by atoms with Crippen molar-refractivity contribution in [3.05, 3.63) is 0 Å². The van der Waals surface area contributed by atoms with Gasteiger partial charge in [-0.25, -0.2) is 0 Å². The van der Waals surface area contributed by atoms with Crippen molar-refractivity contribution in [3.8, 4) is 0 Å². The summed E-state index contributed by atoms with van der Waals surface area (Å²) in [5.74, 6) is -0.903. The zero-order valence-electron chi connectivity index (χ0n) is 9.49. The molecule has 0 spiro atoms. The monoisotopic (exact) mass is 236 g/mol. The Morgan fingerprint density at radius 3 is 1.67 bits per heavy atom. The van der Waals surface area contributed by atoms with Gasteiger partial charge in [-0.05, 0) is 20.8 Å². The molecule has 5 nitrogen and oxygen atoms in total. The molecule has 1 heterocycles. The van der Waals surface area contributed by atoms with Crippen molar-refractivity contribution in [2.24, 2.45) is 5.41 Å². The van der Waals surface area contributed by atoms with Gasteiger partial charge in [0.05, 0.1) is 0 Å². The van der Waals surface area contributed by atoms with E-state index in [9.17, 15) is 17.8 Å². The first-order valence-corrected chi connectivity index (χ1v) is 6.02. The van der Waals surface area contributed by atoms with E-state index < -0.39 is 31.9 Å². The molecule has 1 aliphatic heterocycles. The van der Waals surface area contributed by atoms with Crippen LogP contribution >= 0.6 is 0 Å². The minimum Gasteiger partial charge on any atom is -0.458 e. The predicted octanol–water partition coefficient (Wildman–Crippen LogP) is 0.995. The van der Waals surface area contributed by atoms with Crippen LogP contribution in [0.4, 0.5) is 0 Å². The Labute approximate surface area is 89.6 Å². The second-order valence-electron chi connectivity index (χ2n) is 5.03. The Hall–Kier alpha value is -0.620. The van der Waals surface area contributed by atoms with E-state index in [4.69, 9.17) is 4.74 Å². The zero-order valence-corrected chi connectivity index (χ0v) is 10.3. The number of ether oxygens (including phenoxy) is 1. The molecule has 0 amide bonds. The van der Waals surface area contributed by atoms with Gasteiger partial charge in [0.15, 0.2) is 4.75 Å². The van der Waals surface area contributed by atoms with Crippen LogP contribution in [0.1, 0.15) is 34.6 Å². The summed E-state index contributed by atoms with van der Waals surface area (Å²) in [5.41, 5.74) is -1.95. The standard InChI is InChI=1S/C9H16O5S/c1-7(2)8(3,4)14-6(10)9(7,5)15(11,12)13/h1-5H3,(H,11,12,13). The summed E-state index contributed by atoms with van der Waals surface area (Å²) in [7, 11) is -4.50. The quantitative estimate of drug-likeness (QED) is 0.542. The third kappa shape index (κ3) is 1.24. The first-order valence-electron chi connectivity index (χ1n) is 4.58. The van der Waals surface area contributed by atoms with Gasteiger partial charge in [0.1, 0.15) is 5.60 Å². The summed E-state index contributed by atoms with van der Waals surface area (Å²) < 4.78 is 34.9. The van der Waals surface area contributed by atoms with Crippen LogP contribution in [0.3, 0.4) is 0 Å². The van der Waals surface area contributed by atoms with Gasteiger partial charge in [0, 0.05) is 5.41 Å². The molecule has 88 valence electrons. The highest BCUT2D eigenvalue weighted by atomic mass is 32.2. The van der Waals surface area contributed by atoms with Gasteiger partial charge >= 0.3 is 5.97 Å². The molecular formula is C9H16O5S. The molecule has 1 N–H and O–H groups in total. The number of rotatable bonds is 1. The van der Waals surface area contributed by atoms with Crippen molar-refractivity contribution in [1.29, 1.82) is 0 Å². The molecule has 0 aromatic carbocycles. The average molecular weight is 236 g/mol. The third-order valence-electron chi connectivity index (χ3n) is 3.95. The maximum absolute atomic E-state index is 11.6. The average Bonchev–Trinajstić information content (AvgIpc) is 2.08. The molecule has 1 atom stereocenters. The first-order chi connectivity index (χ1) is 6.38. The third-order valence-corrected chi connectivity index (χ3v) is 5.66. The van der Waals surface area contributed by atoms with Gasteiger partial charge in [0.25, 0.3) is 10.1 Å². The number of carbonyl (C=O) groups excluding carboxylic acids is 1. The topological polar surface area (TPSA) is 80.7 Å². The minimum absolute atomic E-state index is 0.903. The molecule has 0 radical (unpaired) electrons. The van der Waals surface area contributed by atoms with Gasteiger partial charge in [0.2, 0.25) is 0 Å². The molecule has 1 aliphatic rings. The highest BCUT2D eigenvalue weighted by Gasteiger charge is 2.70. The lowest BCUT2D eigenvalue weighted by Crippen LogP contribution is -2.54. The normalized spacial score (nSPS) is 33.9. The van der Waals surface area contributed by atoms with Gasteiger partial charge in [-0.15, -0.1) is 0 Å². The number of hydrogen-bond donors (Lipinski definition) is 1. The fourth-order valence-corrected chi connectivity index (χ4v) is 2.86. The van der Waals surface area contributed by atoms with Crippen molar-refractivity contribution < 1.29 is 22.5 Å². The Morgan fingerprint density at radius 1 is 1.13 bits per heavy atom. The van der Waals surface area contributed by atoms with Crippen LogP contribution in [0.15, 0.2) is 0 Å². The van der Waals surface area contributed by atoms with E-state index in [0.29, 0.717) is 0 Å². The molecule has 1 fully saturated rings. The maximum Gasteiger partial charge on any atom is 0.330 e. The van der Waals surface area contributed by atoms with Crippen molar-refractivity contribution >= 4 is 16.1 Å². The summed E-state index contributed by atoms with van der Waals surface area (Å²) in [6.07, 6.45) is 0. The highest BCUT2D eigenvalue weighted by molar-refractivity contribution is 7.88. The van der Waals surface area contributed by atoms with Gasteiger partial charge in [-0.1, -0.05) is 13.8 Å². The second-order valence-corrected chi connectivity index (χ2v) is 6.80. The van der Waals surface area contributed by atoms with Crippen LogP contribution in [0.5, 0.6) is 0 Å². The smallest absolute Gasteiger partial charge is 0.330 e. The largest absolute Gasteiger partial charge is 0.458 e. The Balaban J connectivity index is 3.53. The second kappa shape index (κ2) is 2.74. The van der Waals surface area contributed by atoms with Crippen LogP contribution < -0.4 is 0 Å². The van der Waals surface area contributed by atoms with E-state index in [1.165, 1.54) is 6.92 Å². The molecule has 1 saturated heterocycles. The molecule has 0 aromatic heterocycles. The van der Waals surface area contributed by atoms with Gasteiger partial charge in [-0.3, -0.25) is 9.35 Å². The minimum atomic E-state index is -4.50. The maximum atomic E-state index is 11.6. The molecule has 1 rings (SSSR count). The van der Waals surface area contributed by atoms with Crippen LogP contribution in [0.2, 0.25) is 0 Å². The summed E-state index contributed by atoms with van der Waals surface area (Å²) in [6.45, 7) is 7.62. The fraction of sp³-hybridized carbons (Fsp3) is 0.889. The Bertz CT molecular complexity index is 406. The lowest BCUT2D eigenvalue weighted by molar-refractivity contribution is -0.148. The number of cyclic esters (lactones) is 1. The van der Waals surface area contributed by atoms with Crippen molar-refractivity contribution in [1.82, 2.24) is 0 Å². The predicted molar refractivity (Wildman–Crippen MR) is 53.9 cm³/mol. The lowest BCUT2D eigenvalue weighted by atomic mass is 9.70. The van der Waals surface area contributed by atoms with Gasteiger partial charge in [-0.2, -0.15) is 8.42 Å². The molecule has 0 saturated carbocycles. The molecule has 1 unspecified atom stereocenters. The van der Waals surface area contributed by atoms with Crippen LogP contribution in [-0.2, 0) is 19.6 Å². The van der Waals surface area contributed by atoms with E-state index >= 15 is 0 Å². The number of hydrogen-bond acceptors (Lipinski definition) is 4.